The van der Waals surface area contributed by atoms with E-state index in [9.17, 15) is 0 Å². The lowest BCUT2D eigenvalue weighted by Crippen LogP contribution is -2.15. The summed E-state index contributed by atoms with van der Waals surface area (Å²) in [5.74, 6) is 0. The number of nitrogens with one attached hydrogen (secondary N) is 1. The zero-order valence-corrected chi connectivity index (χ0v) is 6.05. The highest BCUT2D eigenvalue weighted by atomic mass is 32.2. The Balaban J connectivity index is 2.43. The van der Waals surface area contributed by atoms with Crippen molar-refractivity contribution in [2.24, 2.45) is 5.10 Å². The maximum Gasteiger partial charge on any atom is 0.123 e. The number of nitrogens with zero attached hydrogens (tertiary/aromatic N) is 1. The van der Waals surface area contributed by atoms with Crippen molar-refractivity contribution < 1.29 is 0 Å². The van der Waals surface area contributed by atoms with Crippen LogP contribution < -0.4 is 5.43 Å². The third kappa shape index (κ3) is 1.20. The highest BCUT2D eigenvalue weighted by Gasteiger charge is 2.11. The van der Waals surface area contributed by atoms with Crippen LogP contribution in [0.4, 0.5) is 0 Å². The summed E-state index contributed by atoms with van der Waals surface area (Å²) < 4.78 is 0. The standard InChI is InChI=1S/C4H6N2S2/c1-3-5-6-4(2-7)8-3/h2,4,6H,1H3. The van der Waals surface area contributed by atoms with Crippen molar-refractivity contribution in [1.82, 2.24) is 5.43 Å². The van der Waals surface area contributed by atoms with E-state index < -0.39 is 0 Å². The fourth-order valence-electron chi connectivity index (χ4n) is 0.449. The first kappa shape index (κ1) is 6.04. The van der Waals surface area contributed by atoms with Gasteiger partial charge in [-0.15, -0.1) is 0 Å². The molecule has 0 bridgehead atoms. The van der Waals surface area contributed by atoms with Gasteiger partial charge in [0.15, 0.2) is 0 Å². The van der Waals surface area contributed by atoms with Gasteiger partial charge in [0.25, 0.3) is 0 Å². The molecule has 1 rings (SSSR count). The van der Waals surface area contributed by atoms with Crippen molar-refractivity contribution in [3.8, 4) is 0 Å². The maximum absolute atomic E-state index is 4.68. The molecule has 44 valence electrons. The lowest BCUT2D eigenvalue weighted by atomic mass is 10.8. The van der Waals surface area contributed by atoms with E-state index >= 15 is 0 Å². The van der Waals surface area contributed by atoms with Crippen LogP contribution >= 0.6 is 24.0 Å². The summed E-state index contributed by atoms with van der Waals surface area (Å²) in [6.07, 6.45) is 0. The third-order valence-electron chi connectivity index (χ3n) is 0.770. The van der Waals surface area contributed by atoms with E-state index in [1.54, 1.807) is 17.1 Å². The second kappa shape index (κ2) is 2.46. The molecule has 0 saturated carbocycles. The highest BCUT2D eigenvalue weighted by molar-refractivity contribution is 8.15. The van der Waals surface area contributed by atoms with Crippen molar-refractivity contribution in [3.05, 3.63) is 0 Å². The molecule has 0 saturated heterocycles. The number of hydrogen-bond acceptors (Lipinski definition) is 4. The van der Waals surface area contributed by atoms with Gasteiger partial charge < -0.3 is 0 Å². The average Bonchev–Trinajstić information content (AvgIpc) is 2.14. The zero-order chi connectivity index (χ0) is 5.98. The van der Waals surface area contributed by atoms with Crippen LogP contribution in [0.25, 0.3) is 0 Å². The maximum atomic E-state index is 4.68. The van der Waals surface area contributed by atoms with Crippen molar-refractivity contribution in [3.63, 3.8) is 0 Å². The minimum absolute atomic E-state index is 0.227. The monoisotopic (exact) mass is 146 g/mol. The van der Waals surface area contributed by atoms with Gasteiger partial charge in [-0.1, -0.05) is 24.0 Å². The van der Waals surface area contributed by atoms with E-state index in [4.69, 9.17) is 0 Å². The molecule has 1 N–H and O–H groups in total. The number of hydrazone groups is 1. The molecule has 1 unspecified atom stereocenters. The molecular weight excluding hydrogens is 140 g/mol. The van der Waals surface area contributed by atoms with Crippen LogP contribution in [-0.2, 0) is 0 Å². The third-order valence-corrected chi connectivity index (χ3v) is 2.14. The van der Waals surface area contributed by atoms with Gasteiger partial charge in [-0.2, -0.15) is 5.10 Å². The Hall–Kier alpha value is -0.0900. The molecule has 0 fully saturated rings. The molecule has 4 heteroatoms. The van der Waals surface area contributed by atoms with E-state index in [1.165, 1.54) is 0 Å². The summed E-state index contributed by atoms with van der Waals surface area (Å²) in [6.45, 7) is 1.95. The molecule has 1 aliphatic heterocycles. The van der Waals surface area contributed by atoms with Crippen LogP contribution in [0.2, 0.25) is 0 Å². The number of thioether (sulfide) groups is 1. The SMILES string of the molecule is CC1=NNC(C=S)S1. The first-order valence-electron chi connectivity index (χ1n) is 2.24. The molecule has 0 aromatic rings. The minimum atomic E-state index is 0.227. The smallest absolute Gasteiger partial charge is 0.123 e. The van der Waals surface area contributed by atoms with Crippen LogP contribution in [0, 0.1) is 0 Å². The topological polar surface area (TPSA) is 24.4 Å². The summed E-state index contributed by atoms with van der Waals surface area (Å²) in [5.41, 5.74) is 2.85. The fourth-order valence-corrected chi connectivity index (χ4v) is 1.31. The van der Waals surface area contributed by atoms with Crippen molar-refractivity contribution >= 4 is 34.4 Å². The second-order valence-electron chi connectivity index (χ2n) is 1.43. The predicted octanol–water partition coefficient (Wildman–Crippen LogP) is 0.982. The van der Waals surface area contributed by atoms with Crippen LogP contribution in [-0.4, -0.2) is 15.8 Å². The van der Waals surface area contributed by atoms with Gasteiger partial charge in [0.1, 0.15) is 5.37 Å². The van der Waals surface area contributed by atoms with Gasteiger partial charge >= 0.3 is 0 Å². The Labute approximate surface area is 57.7 Å². The zero-order valence-electron chi connectivity index (χ0n) is 4.42. The van der Waals surface area contributed by atoms with E-state index in [-0.39, 0.29) is 5.37 Å². The molecule has 0 amide bonds. The Kier molecular flexibility index (Phi) is 1.85. The van der Waals surface area contributed by atoms with Crippen molar-refractivity contribution in [1.29, 1.82) is 0 Å². The molecule has 0 aromatic carbocycles. The number of thiocarbonyl (C=S) groups is 1. The van der Waals surface area contributed by atoms with Crippen LogP contribution in [0.3, 0.4) is 0 Å². The molecule has 0 spiro atoms. The highest BCUT2D eigenvalue weighted by Crippen LogP contribution is 2.13. The fraction of sp³-hybridized carbons (Fsp3) is 0.500. The predicted molar refractivity (Wildman–Crippen MR) is 41.3 cm³/mol. The first-order valence-corrected chi connectivity index (χ1v) is 3.60. The summed E-state index contributed by atoms with van der Waals surface area (Å²) in [4.78, 5) is 0. The Bertz CT molecular complexity index is 132. The van der Waals surface area contributed by atoms with E-state index in [0.717, 1.165) is 5.04 Å². The molecule has 2 nitrogen and oxygen atoms in total. The molecule has 0 aliphatic carbocycles. The minimum Gasteiger partial charge on any atom is -0.291 e. The van der Waals surface area contributed by atoms with Crippen molar-refractivity contribution in [2.45, 2.75) is 12.3 Å². The first-order chi connectivity index (χ1) is 3.83. The van der Waals surface area contributed by atoms with E-state index in [1.807, 2.05) is 6.92 Å². The van der Waals surface area contributed by atoms with E-state index in [2.05, 4.69) is 22.7 Å². The van der Waals surface area contributed by atoms with Gasteiger partial charge in [-0.3, -0.25) is 5.43 Å². The largest absolute Gasteiger partial charge is 0.291 e. The molecule has 1 aliphatic rings. The lowest BCUT2D eigenvalue weighted by Gasteiger charge is -1.95. The van der Waals surface area contributed by atoms with Crippen LogP contribution in [0.1, 0.15) is 6.92 Å². The van der Waals surface area contributed by atoms with Gasteiger partial charge in [-0.25, -0.2) is 0 Å². The average molecular weight is 146 g/mol. The second-order valence-corrected chi connectivity index (χ2v) is 3.04. The molecular formula is C4H6N2S2. The quantitative estimate of drug-likeness (QED) is 0.558. The normalized spacial score (nSPS) is 26.6. The van der Waals surface area contributed by atoms with E-state index in [0.29, 0.717) is 0 Å². The van der Waals surface area contributed by atoms with Gasteiger partial charge in [0.05, 0.1) is 5.04 Å². The van der Waals surface area contributed by atoms with Crippen LogP contribution in [0.15, 0.2) is 5.10 Å². The van der Waals surface area contributed by atoms with Gasteiger partial charge in [-0.05, 0) is 6.92 Å². The molecule has 1 atom stereocenters. The van der Waals surface area contributed by atoms with Gasteiger partial charge in [0.2, 0.25) is 0 Å². The number of hydrogen-bond donors (Lipinski definition) is 1. The molecule has 0 radical (unpaired) electrons. The summed E-state index contributed by atoms with van der Waals surface area (Å²) >= 11 is 6.33. The summed E-state index contributed by atoms with van der Waals surface area (Å²) in [5, 5.41) is 6.87. The molecule has 1 heterocycles. The Morgan fingerprint density at radius 2 is 2.75 bits per heavy atom. The van der Waals surface area contributed by atoms with Crippen LogP contribution in [0.5, 0.6) is 0 Å². The molecule has 0 aromatic heterocycles. The van der Waals surface area contributed by atoms with Gasteiger partial charge in [0, 0.05) is 5.37 Å². The molecule has 8 heavy (non-hydrogen) atoms. The Morgan fingerprint density at radius 1 is 2.00 bits per heavy atom. The lowest BCUT2D eigenvalue weighted by molar-refractivity contribution is 0.839. The number of rotatable bonds is 1. The summed E-state index contributed by atoms with van der Waals surface area (Å²) in [6, 6.07) is 0. The summed E-state index contributed by atoms with van der Waals surface area (Å²) in [7, 11) is 0. The Morgan fingerprint density at radius 3 is 3.00 bits per heavy atom. The van der Waals surface area contributed by atoms with Crippen molar-refractivity contribution in [2.75, 3.05) is 0 Å².